The molecule has 0 aromatic rings. The fourth-order valence-electron chi connectivity index (χ4n) is 3.82. The summed E-state index contributed by atoms with van der Waals surface area (Å²) in [5.41, 5.74) is 0. The summed E-state index contributed by atoms with van der Waals surface area (Å²) >= 11 is 0. The van der Waals surface area contributed by atoms with Gasteiger partial charge >= 0.3 is 0 Å². The standard InChI is InChI=1S/C12H20NO2/c1-13(4-6-15-7-5-13)11-8-9-2-3-10(11)12(9)14/h9-11H,2-8H2,1H3/q+1/t9-,10+,11+/m1/s1. The Morgan fingerprint density at radius 1 is 1.27 bits per heavy atom. The normalized spacial score (nSPS) is 43.5. The minimum atomic E-state index is 0.387. The van der Waals surface area contributed by atoms with Crippen molar-refractivity contribution >= 4 is 5.78 Å². The van der Waals surface area contributed by atoms with Crippen molar-refractivity contribution in [3.05, 3.63) is 0 Å². The molecule has 3 rings (SSSR count). The number of rotatable bonds is 1. The lowest BCUT2D eigenvalue weighted by molar-refractivity contribution is -0.942. The van der Waals surface area contributed by atoms with Crippen LogP contribution < -0.4 is 0 Å². The number of ether oxygens (including phenoxy) is 1. The number of Topliss-reactive ketones (excluding diaryl/α,β-unsaturated/α-hetero) is 1. The van der Waals surface area contributed by atoms with Crippen molar-refractivity contribution < 1.29 is 14.0 Å². The van der Waals surface area contributed by atoms with E-state index in [1.807, 2.05) is 0 Å². The number of nitrogens with zero attached hydrogens (tertiary/aromatic N) is 1. The molecule has 2 bridgehead atoms. The van der Waals surface area contributed by atoms with Gasteiger partial charge in [0.15, 0.2) is 0 Å². The van der Waals surface area contributed by atoms with Gasteiger partial charge in [-0.2, -0.15) is 0 Å². The van der Waals surface area contributed by atoms with E-state index in [0.717, 1.165) is 50.0 Å². The fraction of sp³-hybridized carbons (Fsp3) is 0.917. The van der Waals surface area contributed by atoms with E-state index in [1.165, 1.54) is 0 Å². The van der Waals surface area contributed by atoms with Crippen LogP contribution in [0.25, 0.3) is 0 Å². The largest absolute Gasteiger partial charge is 0.370 e. The van der Waals surface area contributed by atoms with E-state index in [-0.39, 0.29) is 0 Å². The van der Waals surface area contributed by atoms with Crippen LogP contribution in [0.1, 0.15) is 19.3 Å². The molecule has 2 saturated carbocycles. The van der Waals surface area contributed by atoms with E-state index in [1.54, 1.807) is 0 Å². The Morgan fingerprint density at radius 3 is 2.53 bits per heavy atom. The zero-order valence-electron chi connectivity index (χ0n) is 9.45. The first-order valence-corrected chi connectivity index (χ1v) is 6.16. The molecule has 0 aromatic heterocycles. The van der Waals surface area contributed by atoms with Crippen molar-refractivity contribution in [1.29, 1.82) is 0 Å². The summed E-state index contributed by atoms with van der Waals surface area (Å²) in [6.07, 6.45) is 3.47. The smallest absolute Gasteiger partial charge is 0.145 e. The maximum atomic E-state index is 11.9. The summed E-state index contributed by atoms with van der Waals surface area (Å²) in [4.78, 5) is 11.9. The Balaban J connectivity index is 1.80. The molecule has 15 heavy (non-hydrogen) atoms. The predicted octanol–water partition coefficient (Wildman–Crippen LogP) is 0.831. The van der Waals surface area contributed by atoms with Crippen molar-refractivity contribution in [2.24, 2.45) is 11.8 Å². The molecule has 1 saturated heterocycles. The number of ketones is 1. The third-order valence-corrected chi connectivity index (χ3v) is 4.88. The van der Waals surface area contributed by atoms with Crippen LogP contribution in [0.3, 0.4) is 0 Å². The number of hydrogen-bond acceptors (Lipinski definition) is 2. The van der Waals surface area contributed by atoms with Crippen LogP contribution in [0.5, 0.6) is 0 Å². The molecular formula is C12H20NO2+. The number of fused-ring (bicyclic) bond motifs is 2. The minimum Gasteiger partial charge on any atom is -0.370 e. The van der Waals surface area contributed by atoms with Crippen LogP contribution in [0.15, 0.2) is 0 Å². The summed E-state index contributed by atoms with van der Waals surface area (Å²) in [6.45, 7) is 3.94. The highest BCUT2D eigenvalue weighted by Gasteiger charge is 2.54. The van der Waals surface area contributed by atoms with Crippen LogP contribution in [-0.4, -0.2) is 49.7 Å². The Bertz CT molecular complexity index is 283. The number of likely N-dealkylation sites (N-methyl/N-ethyl adjacent to an activating group) is 1. The minimum absolute atomic E-state index is 0.387. The lowest BCUT2D eigenvalue weighted by Crippen LogP contribution is -2.59. The first-order valence-electron chi connectivity index (χ1n) is 6.16. The quantitative estimate of drug-likeness (QED) is 0.599. The molecule has 3 fully saturated rings. The van der Waals surface area contributed by atoms with Crippen LogP contribution in [0, 0.1) is 11.8 Å². The number of hydrogen-bond donors (Lipinski definition) is 0. The molecule has 0 radical (unpaired) electrons. The van der Waals surface area contributed by atoms with Gasteiger partial charge in [0, 0.05) is 12.3 Å². The third-order valence-electron chi connectivity index (χ3n) is 4.88. The SMILES string of the molecule is C[N+]1([C@H]2C[C@H]3CC[C@@H]2C3=O)CCOCC1. The van der Waals surface area contributed by atoms with Crippen LogP contribution in [0.2, 0.25) is 0 Å². The molecule has 0 N–H and O–H groups in total. The van der Waals surface area contributed by atoms with Crippen LogP contribution in [-0.2, 0) is 9.53 Å². The monoisotopic (exact) mass is 210 g/mol. The molecule has 0 spiro atoms. The number of morpholine rings is 1. The average molecular weight is 210 g/mol. The van der Waals surface area contributed by atoms with Gasteiger partial charge in [-0.05, 0) is 12.8 Å². The summed E-state index contributed by atoms with van der Waals surface area (Å²) in [6, 6.07) is 0.611. The lowest BCUT2D eigenvalue weighted by atomic mass is 9.92. The van der Waals surface area contributed by atoms with E-state index in [0.29, 0.717) is 23.7 Å². The molecule has 0 aromatic carbocycles. The summed E-state index contributed by atoms with van der Waals surface area (Å²) in [7, 11) is 2.32. The van der Waals surface area contributed by atoms with Gasteiger partial charge in [-0.3, -0.25) is 4.79 Å². The second kappa shape index (κ2) is 3.29. The van der Waals surface area contributed by atoms with E-state index >= 15 is 0 Å². The van der Waals surface area contributed by atoms with Gasteiger partial charge < -0.3 is 9.22 Å². The first kappa shape index (κ1) is 9.79. The number of quaternary nitrogens is 1. The summed E-state index contributed by atoms with van der Waals surface area (Å²) in [5.74, 6) is 1.38. The van der Waals surface area contributed by atoms with Gasteiger partial charge in [-0.1, -0.05) is 0 Å². The molecule has 3 heteroatoms. The highest BCUT2D eigenvalue weighted by atomic mass is 16.5. The highest BCUT2D eigenvalue weighted by molar-refractivity contribution is 5.88. The van der Waals surface area contributed by atoms with E-state index in [4.69, 9.17) is 4.74 Å². The molecule has 3 aliphatic rings. The Kier molecular flexibility index (Phi) is 2.15. The predicted molar refractivity (Wildman–Crippen MR) is 56.4 cm³/mol. The summed E-state index contributed by atoms with van der Waals surface area (Å²) in [5, 5.41) is 0. The van der Waals surface area contributed by atoms with Gasteiger partial charge in [0.2, 0.25) is 0 Å². The van der Waals surface area contributed by atoms with Gasteiger partial charge in [-0.15, -0.1) is 0 Å². The Hall–Kier alpha value is -0.410. The first-order chi connectivity index (χ1) is 7.21. The van der Waals surface area contributed by atoms with Crippen LogP contribution >= 0.6 is 0 Å². The van der Waals surface area contributed by atoms with Crippen molar-refractivity contribution in [2.45, 2.75) is 25.3 Å². The zero-order valence-corrected chi connectivity index (χ0v) is 9.45. The molecule has 1 aliphatic heterocycles. The van der Waals surface area contributed by atoms with Crippen molar-refractivity contribution in [2.75, 3.05) is 33.4 Å². The average Bonchev–Trinajstić information content (AvgIpc) is 2.76. The van der Waals surface area contributed by atoms with Crippen molar-refractivity contribution in [3.8, 4) is 0 Å². The zero-order chi connectivity index (χ0) is 10.5. The molecular weight excluding hydrogens is 190 g/mol. The molecule has 2 aliphatic carbocycles. The fourth-order valence-corrected chi connectivity index (χ4v) is 3.82. The van der Waals surface area contributed by atoms with Gasteiger partial charge in [0.05, 0.1) is 32.2 Å². The van der Waals surface area contributed by atoms with Gasteiger partial charge in [0.1, 0.15) is 18.9 Å². The maximum Gasteiger partial charge on any atom is 0.145 e. The number of carbonyl (C=O) groups excluding carboxylic acids is 1. The maximum absolute atomic E-state index is 11.9. The van der Waals surface area contributed by atoms with Crippen molar-refractivity contribution in [3.63, 3.8) is 0 Å². The van der Waals surface area contributed by atoms with Gasteiger partial charge in [-0.25, -0.2) is 0 Å². The van der Waals surface area contributed by atoms with E-state index in [9.17, 15) is 4.79 Å². The topological polar surface area (TPSA) is 26.3 Å². The molecule has 3 nitrogen and oxygen atoms in total. The third kappa shape index (κ3) is 1.36. The molecule has 3 atom stereocenters. The molecule has 0 unspecified atom stereocenters. The number of carbonyl (C=O) groups is 1. The van der Waals surface area contributed by atoms with E-state index < -0.39 is 0 Å². The Morgan fingerprint density at radius 2 is 2.00 bits per heavy atom. The van der Waals surface area contributed by atoms with Crippen LogP contribution in [0.4, 0.5) is 0 Å². The van der Waals surface area contributed by atoms with Crippen molar-refractivity contribution in [1.82, 2.24) is 0 Å². The van der Waals surface area contributed by atoms with Gasteiger partial charge in [0.25, 0.3) is 0 Å². The molecule has 84 valence electrons. The molecule has 0 amide bonds. The van der Waals surface area contributed by atoms with E-state index in [2.05, 4.69) is 7.05 Å². The molecule has 1 heterocycles. The second-order valence-electron chi connectivity index (χ2n) is 5.63. The second-order valence-corrected chi connectivity index (χ2v) is 5.63. The highest BCUT2D eigenvalue weighted by Crippen LogP contribution is 2.45. The Labute approximate surface area is 91.0 Å². The summed E-state index contributed by atoms with van der Waals surface area (Å²) < 4.78 is 6.52. The lowest BCUT2D eigenvalue weighted by Gasteiger charge is -2.45.